The highest BCUT2D eigenvalue weighted by molar-refractivity contribution is 5.94. The Bertz CT molecular complexity index is 797. The smallest absolute Gasteiger partial charge is 0.348 e. The number of halogens is 1. The molecule has 1 saturated heterocycles. The van der Waals surface area contributed by atoms with Gasteiger partial charge in [0.05, 0.1) is 11.8 Å². The fourth-order valence-electron chi connectivity index (χ4n) is 2.90. The van der Waals surface area contributed by atoms with Crippen LogP contribution in [0.1, 0.15) is 23.2 Å². The lowest BCUT2D eigenvalue weighted by Gasteiger charge is -2.38. The monoisotopic (exact) mass is 347 g/mol. The van der Waals surface area contributed by atoms with Crippen molar-refractivity contribution in [2.24, 2.45) is 7.05 Å². The average molecular weight is 347 g/mol. The molecule has 1 amide bonds. The molecule has 0 bridgehead atoms. The third kappa shape index (κ3) is 3.47. The van der Waals surface area contributed by atoms with Crippen LogP contribution < -0.4 is 4.74 Å². The van der Waals surface area contributed by atoms with E-state index in [4.69, 9.17) is 4.74 Å². The van der Waals surface area contributed by atoms with Crippen molar-refractivity contribution in [3.63, 3.8) is 0 Å². The zero-order valence-corrected chi connectivity index (χ0v) is 13.7. The van der Waals surface area contributed by atoms with Gasteiger partial charge in [-0.25, -0.2) is 9.18 Å². The molecule has 2 aromatic rings. The fourth-order valence-corrected chi connectivity index (χ4v) is 2.90. The number of amides is 1. The zero-order chi connectivity index (χ0) is 18.0. The number of aliphatic carboxylic acids is 1. The van der Waals surface area contributed by atoms with E-state index in [1.807, 2.05) is 0 Å². The maximum Gasteiger partial charge on any atom is 0.348 e. The average Bonchev–Trinajstić information content (AvgIpc) is 3.01. The van der Waals surface area contributed by atoms with Crippen LogP contribution >= 0.6 is 0 Å². The van der Waals surface area contributed by atoms with Gasteiger partial charge in [0.25, 0.3) is 5.91 Å². The standard InChI is InChI=1S/C17H18FN3O4/c1-20-11-12(10-19-20)15(22)21-7-5-17(6-8-21,16(23)24)25-14-4-2-3-13(18)9-14/h2-4,9-11H,5-8H2,1H3,(H,23,24). The van der Waals surface area contributed by atoms with Gasteiger partial charge >= 0.3 is 5.97 Å². The van der Waals surface area contributed by atoms with E-state index in [9.17, 15) is 19.1 Å². The highest BCUT2D eigenvalue weighted by Gasteiger charge is 2.45. The number of carboxylic acids is 1. The van der Waals surface area contributed by atoms with E-state index < -0.39 is 17.4 Å². The van der Waals surface area contributed by atoms with E-state index in [0.717, 1.165) is 6.07 Å². The minimum absolute atomic E-state index is 0.116. The number of nitrogens with zero attached hydrogens (tertiary/aromatic N) is 3. The molecule has 0 spiro atoms. The maximum atomic E-state index is 13.3. The number of hydrogen-bond donors (Lipinski definition) is 1. The van der Waals surface area contributed by atoms with Crippen molar-refractivity contribution in [1.82, 2.24) is 14.7 Å². The summed E-state index contributed by atoms with van der Waals surface area (Å²) in [5.41, 5.74) is -1.02. The number of rotatable bonds is 4. The molecule has 1 aromatic carbocycles. The number of likely N-dealkylation sites (tertiary alicyclic amines) is 1. The number of carbonyl (C=O) groups is 2. The number of ether oxygens (including phenoxy) is 1. The van der Waals surface area contributed by atoms with Crippen LogP contribution in [0, 0.1) is 5.82 Å². The van der Waals surface area contributed by atoms with Crippen molar-refractivity contribution in [2.75, 3.05) is 13.1 Å². The first-order valence-electron chi connectivity index (χ1n) is 7.85. The Morgan fingerprint density at radius 1 is 1.32 bits per heavy atom. The highest BCUT2D eigenvalue weighted by Crippen LogP contribution is 2.30. The number of carboxylic acid groups (broad SMARTS) is 1. The second-order valence-electron chi connectivity index (χ2n) is 6.05. The maximum absolute atomic E-state index is 13.3. The number of piperidine rings is 1. The molecular formula is C17H18FN3O4. The SMILES string of the molecule is Cn1cc(C(=O)N2CCC(Oc3cccc(F)c3)(C(=O)O)CC2)cn1. The summed E-state index contributed by atoms with van der Waals surface area (Å²) in [6.07, 6.45) is 3.32. The molecule has 1 aliphatic heterocycles. The van der Waals surface area contributed by atoms with Gasteiger partial charge in [0, 0.05) is 45.2 Å². The van der Waals surface area contributed by atoms with Gasteiger partial charge in [-0.2, -0.15) is 5.10 Å². The summed E-state index contributed by atoms with van der Waals surface area (Å²) in [7, 11) is 1.72. The van der Waals surface area contributed by atoms with Gasteiger partial charge in [-0.05, 0) is 12.1 Å². The number of carbonyl (C=O) groups excluding carboxylic acids is 1. The van der Waals surface area contributed by atoms with Gasteiger partial charge in [0.15, 0.2) is 0 Å². The Hall–Kier alpha value is -2.90. The van der Waals surface area contributed by atoms with Gasteiger partial charge in [-0.1, -0.05) is 6.07 Å². The largest absolute Gasteiger partial charge is 0.478 e. The van der Waals surface area contributed by atoms with Crippen LogP contribution in [-0.2, 0) is 11.8 Å². The van der Waals surface area contributed by atoms with Gasteiger partial charge < -0.3 is 14.7 Å². The predicted octanol–water partition coefficient (Wildman–Crippen LogP) is 1.70. The minimum Gasteiger partial charge on any atom is -0.478 e. The predicted molar refractivity (Wildman–Crippen MR) is 85.7 cm³/mol. The summed E-state index contributed by atoms with van der Waals surface area (Å²) >= 11 is 0. The molecule has 25 heavy (non-hydrogen) atoms. The summed E-state index contributed by atoms with van der Waals surface area (Å²) in [6, 6.07) is 5.38. The van der Waals surface area contributed by atoms with Crippen molar-refractivity contribution in [1.29, 1.82) is 0 Å². The van der Waals surface area contributed by atoms with Crippen molar-refractivity contribution >= 4 is 11.9 Å². The second-order valence-corrected chi connectivity index (χ2v) is 6.05. The molecular weight excluding hydrogens is 329 g/mol. The van der Waals surface area contributed by atoms with E-state index in [1.54, 1.807) is 18.1 Å². The molecule has 0 radical (unpaired) electrons. The third-order valence-corrected chi connectivity index (χ3v) is 4.31. The van der Waals surface area contributed by atoms with E-state index in [2.05, 4.69) is 5.10 Å². The van der Waals surface area contributed by atoms with Crippen molar-refractivity contribution in [3.8, 4) is 5.75 Å². The van der Waals surface area contributed by atoms with Crippen LogP contribution in [0.25, 0.3) is 0 Å². The summed E-state index contributed by atoms with van der Waals surface area (Å²) in [5.74, 6) is -1.65. The summed E-state index contributed by atoms with van der Waals surface area (Å²) in [4.78, 5) is 25.8. The van der Waals surface area contributed by atoms with Crippen LogP contribution in [-0.4, -0.2) is 50.4 Å². The van der Waals surface area contributed by atoms with Crippen LogP contribution in [0.2, 0.25) is 0 Å². The van der Waals surface area contributed by atoms with Crippen LogP contribution in [0.3, 0.4) is 0 Å². The van der Waals surface area contributed by atoms with E-state index in [0.29, 0.717) is 5.56 Å². The Kier molecular flexibility index (Phi) is 4.43. The molecule has 7 nitrogen and oxygen atoms in total. The normalized spacial score (nSPS) is 16.5. The lowest BCUT2D eigenvalue weighted by atomic mass is 9.90. The molecule has 132 valence electrons. The second kappa shape index (κ2) is 6.54. The number of benzene rings is 1. The van der Waals surface area contributed by atoms with Gasteiger partial charge in [-0.15, -0.1) is 0 Å². The minimum atomic E-state index is -1.47. The van der Waals surface area contributed by atoms with E-state index >= 15 is 0 Å². The first-order valence-corrected chi connectivity index (χ1v) is 7.85. The van der Waals surface area contributed by atoms with Gasteiger partial charge in [0.1, 0.15) is 11.6 Å². The molecule has 3 rings (SSSR count). The molecule has 1 N–H and O–H groups in total. The first-order chi connectivity index (χ1) is 11.9. The highest BCUT2D eigenvalue weighted by atomic mass is 19.1. The molecule has 0 unspecified atom stereocenters. The van der Waals surface area contributed by atoms with Crippen molar-refractivity contribution < 1.29 is 23.8 Å². The van der Waals surface area contributed by atoms with E-state index in [1.165, 1.54) is 29.1 Å². The lowest BCUT2D eigenvalue weighted by Crippen LogP contribution is -2.54. The zero-order valence-electron chi connectivity index (χ0n) is 13.7. The third-order valence-electron chi connectivity index (χ3n) is 4.31. The molecule has 8 heteroatoms. The molecule has 1 fully saturated rings. The molecule has 2 heterocycles. The van der Waals surface area contributed by atoms with Crippen molar-refractivity contribution in [3.05, 3.63) is 48.0 Å². The number of hydrogen-bond acceptors (Lipinski definition) is 4. The van der Waals surface area contributed by atoms with Gasteiger partial charge in [0.2, 0.25) is 5.60 Å². The number of aromatic nitrogens is 2. The fraction of sp³-hybridized carbons (Fsp3) is 0.353. The summed E-state index contributed by atoms with van der Waals surface area (Å²) in [5, 5.41) is 13.6. The van der Waals surface area contributed by atoms with Crippen LogP contribution in [0.15, 0.2) is 36.7 Å². The molecule has 1 aromatic heterocycles. The Balaban J connectivity index is 1.72. The van der Waals surface area contributed by atoms with E-state index in [-0.39, 0.29) is 37.6 Å². The molecule has 1 aliphatic rings. The Morgan fingerprint density at radius 3 is 2.60 bits per heavy atom. The molecule has 0 atom stereocenters. The Morgan fingerprint density at radius 2 is 2.04 bits per heavy atom. The quantitative estimate of drug-likeness (QED) is 0.910. The number of aryl methyl sites for hydroxylation is 1. The summed E-state index contributed by atoms with van der Waals surface area (Å²) in [6.45, 7) is 0.463. The Labute approximate surface area is 143 Å². The van der Waals surface area contributed by atoms with Gasteiger partial charge in [-0.3, -0.25) is 9.48 Å². The van der Waals surface area contributed by atoms with Crippen molar-refractivity contribution in [2.45, 2.75) is 18.4 Å². The molecule has 0 aliphatic carbocycles. The van der Waals surface area contributed by atoms with Crippen LogP contribution in [0.4, 0.5) is 4.39 Å². The van der Waals surface area contributed by atoms with Crippen LogP contribution in [0.5, 0.6) is 5.75 Å². The lowest BCUT2D eigenvalue weighted by molar-refractivity contribution is -0.159. The first kappa shape index (κ1) is 16.9. The summed E-state index contributed by atoms with van der Waals surface area (Å²) < 4.78 is 20.5. The topological polar surface area (TPSA) is 84.7 Å². The molecule has 0 saturated carbocycles.